The quantitative estimate of drug-likeness (QED) is 0.456. The number of nitrogens with two attached hydrogens (primary N) is 1. The Labute approximate surface area is 152 Å². The van der Waals surface area contributed by atoms with Gasteiger partial charge in [0.2, 0.25) is 5.95 Å². The Bertz CT molecular complexity index is 974. The van der Waals surface area contributed by atoms with Crippen molar-refractivity contribution in [2.75, 3.05) is 17.7 Å². The summed E-state index contributed by atoms with van der Waals surface area (Å²) in [6, 6.07) is 0. The number of thioether (sulfide) groups is 1. The lowest BCUT2D eigenvalue weighted by atomic mass is 10.1. The van der Waals surface area contributed by atoms with Crippen molar-refractivity contribution < 1.29 is 14.9 Å². The number of imidazole rings is 1. The number of aliphatic hydroxyl groups excluding tert-OH is 2. The van der Waals surface area contributed by atoms with Crippen molar-refractivity contribution in [1.29, 1.82) is 0 Å². The molecule has 11 heteroatoms. The molecule has 2 aromatic rings. The Hall–Kier alpha value is -2.26. The number of terminal acetylenes is 1. The summed E-state index contributed by atoms with van der Waals surface area (Å²) < 4.78 is 7.86. The lowest BCUT2D eigenvalue weighted by molar-refractivity contribution is -0.0698. The molecular formula is C15H19N5O5S. The molecule has 2 aromatic heterocycles. The van der Waals surface area contributed by atoms with Gasteiger partial charge < -0.3 is 20.7 Å². The van der Waals surface area contributed by atoms with E-state index in [1.807, 2.05) is 6.26 Å². The van der Waals surface area contributed by atoms with Crippen molar-refractivity contribution in [3.63, 3.8) is 0 Å². The Balaban J connectivity index is 2.14. The SMILES string of the molecule is C#CCn1c(=O)n([C@@H]2O[C@H]([C@@H](O)CSC)C[C@H]2O)c2nc(N)[nH]c(=O)c21. The van der Waals surface area contributed by atoms with Crippen LogP contribution in [0.5, 0.6) is 0 Å². The van der Waals surface area contributed by atoms with Crippen LogP contribution in [0.15, 0.2) is 9.59 Å². The van der Waals surface area contributed by atoms with Crippen LogP contribution in [0.1, 0.15) is 12.6 Å². The van der Waals surface area contributed by atoms with Crippen LogP contribution in [-0.2, 0) is 11.3 Å². The second-order valence-corrected chi connectivity index (χ2v) is 6.87. The number of hydrogen-bond donors (Lipinski definition) is 4. The van der Waals surface area contributed by atoms with Crippen LogP contribution in [0.4, 0.5) is 5.95 Å². The van der Waals surface area contributed by atoms with Gasteiger partial charge in [-0.2, -0.15) is 16.7 Å². The maximum atomic E-state index is 12.8. The molecule has 10 nitrogen and oxygen atoms in total. The number of fused-ring (bicyclic) bond motifs is 1. The van der Waals surface area contributed by atoms with E-state index in [0.29, 0.717) is 5.75 Å². The van der Waals surface area contributed by atoms with Gasteiger partial charge in [0, 0.05) is 12.2 Å². The Morgan fingerprint density at radius 2 is 2.31 bits per heavy atom. The fourth-order valence-electron chi connectivity index (χ4n) is 3.11. The predicted octanol–water partition coefficient (Wildman–Crippen LogP) is -1.53. The van der Waals surface area contributed by atoms with Crippen molar-refractivity contribution in [1.82, 2.24) is 19.1 Å². The van der Waals surface area contributed by atoms with Gasteiger partial charge in [-0.3, -0.25) is 14.3 Å². The summed E-state index contributed by atoms with van der Waals surface area (Å²) >= 11 is 1.43. The van der Waals surface area contributed by atoms with E-state index in [1.165, 1.54) is 11.8 Å². The number of nitrogens with zero attached hydrogens (tertiary/aromatic N) is 3. The van der Waals surface area contributed by atoms with Crippen molar-refractivity contribution in [2.24, 2.45) is 0 Å². The average molecular weight is 381 g/mol. The van der Waals surface area contributed by atoms with Crippen LogP contribution in [-0.4, -0.2) is 59.6 Å². The minimum atomic E-state index is -1.11. The summed E-state index contributed by atoms with van der Waals surface area (Å²) in [6.07, 6.45) is 3.63. The fourth-order valence-corrected chi connectivity index (χ4v) is 3.66. The molecule has 4 atom stereocenters. The molecule has 0 radical (unpaired) electrons. The number of aromatic nitrogens is 4. The standard InChI is InChI=1S/C15H19N5O5S/c1-3-4-19-10-11(17-14(16)18-12(10)23)20(15(19)24)13-7(21)5-9(25-13)8(22)6-26-2/h1,7-9,13,21-22H,4-6H2,2H3,(H3,16,17,18,23)/t7-,8+,9+,13-/m1/s1. The molecule has 1 saturated heterocycles. The van der Waals surface area contributed by atoms with Crippen LogP contribution in [0.2, 0.25) is 0 Å². The van der Waals surface area contributed by atoms with Crippen LogP contribution in [0, 0.1) is 12.3 Å². The summed E-state index contributed by atoms with van der Waals surface area (Å²) in [6.45, 7) is -0.154. The highest BCUT2D eigenvalue weighted by atomic mass is 32.2. The van der Waals surface area contributed by atoms with Crippen LogP contribution < -0.4 is 17.0 Å². The van der Waals surface area contributed by atoms with E-state index in [-0.39, 0.29) is 30.1 Å². The van der Waals surface area contributed by atoms with Gasteiger partial charge in [-0.15, -0.1) is 6.42 Å². The molecule has 1 aliphatic heterocycles. The molecule has 3 rings (SSSR count). The van der Waals surface area contributed by atoms with Gasteiger partial charge in [0.1, 0.15) is 6.10 Å². The normalized spacial score (nSPS) is 24.0. The smallest absolute Gasteiger partial charge is 0.333 e. The summed E-state index contributed by atoms with van der Waals surface area (Å²) in [5.74, 6) is 2.55. The van der Waals surface area contributed by atoms with Gasteiger partial charge in [-0.05, 0) is 6.26 Å². The Kier molecular flexibility index (Phi) is 5.10. The van der Waals surface area contributed by atoms with Crippen molar-refractivity contribution in [3.8, 4) is 12.3 Å². The third-order valence-electron chi connectivity index (χ3n) is 4.22. The molecule has 0 aromatic carbocycles. The zero-order valence-corrected chi connectivity index (χ0v) is 14.8. The third-order valence-corrected chi connectivity index (χ3v) is 4.89. The first-order valence-corrected chi connectivity index (χ1v) is 9.23. The molecule has 0 aliphatic carbocycles. The van der Waals surface area contributed by atoms with Crippen molar-refractivity contribution in [3.05, 3.63) is 20.8 Å². The van der Waals surface area contributed by atoms with E-state index >= 15 is 0 Å². The van der Waals surface area contributed by atoms with Gasteiger partial charge in [-0.1, -0.05) is 5.92 Å². The molecule has 3 heterocycles. The van der Waals surface area contributed by atoms with E-state index in [1.54, 1.807) is 0 Å². The third kappa shape index (κ3) is 3.01. The zero-order chi connectivity index (χ0) is 19.0. The molecule has 0 saturated carbocycles. The minimum absolute atomic E-state index is 0.0319. The Morgan fingerprint density at radius 3 is 2.96 bits per heavy atom. The number of aliphatic hydroxyl groups is 2. The van der Waals surface area contributed by atoms with Crippen molar-refractivity contribution >= 4 is 28.9 Å². The monoisotopic (exact) mass is 381 g/mol. The van der Waals surface area contributed by atoms with Crippen LogP contribution in [0.3, 0.4) is 0 Å². The number of nitrogen functional groups attached to an aromatic ring is 1. The number of anilines is 1. The first-order chi connectivity index (χ1) is 12.4. The lowest BCUT2D eigenvalue weighted by Gasteiger charge is -2.18. The number of rotatable bonds is 5. The second-order valence-electron chi connectivity index (χ2n) is 5.96. The highest BCUT2D eigenvalue weighted by Gasteiger charge is 2.41. The molecule has 5 N–H and O–H groups in total. The van der Waals surface area contributed by atoms with E-state index in [9.17, 15) is 19.8 Å². The first-order valence-electron chi connectivity index (χ1n) is 7.83. The first kappa shape index (κ1) is 18.5. The van der Waals surface area contributed by atoms with E-state index in [2.05, 4.69) is 15.9 Å². The summed E-state index contributed by atoms with van der Waals surface area (Å²) in [4.78, 5) is 31.4. The maximum absolute atomic E-state index is 12.8. The van der Waals surface area contributed by atoms with Gasteiger partial charge in [0.15, 0.2) is 17.4 Å². The van der Waals surface area contributed by atoms with E-state index < -0.39 is 35.8 Å². The number of ether oxygens (including phenoxy) is 1. The Morgan fingerprint density at radius 1 is 1.58 bits per heavy atom. The highest BCUT2D eigenvalue weighted by Crippen LogP contribution is 2.32. The topological polar surface area (TPSA) is 148 Å². The largest absolute Gasteiger partial charge is 0.390 e. The highest BCUT2D eigenvalue weighted by molar-refractivity contribution is 7.98. The molecule has 1 aliphatic rings. The summed E-state index contributed by atoms with van der Waals surface area (Å²) in [5.41, 5.74) is 4.25. The van der Waals surface area contributed by atoms with Gasteiger partial charge >= 0.3 is 5.69 Å². The van der Waals surface area contributed by atoms with Crippen molar-refractivity contribution in [2.45, 2.75) is 37.5 Å². The average Bonchev–Trinajstić information content (AvgIpc) is 3.07. The molecule has 0 amide bonds. The molecule has 0 unspecified atom stereocenters. The minimum Gasteiger partial charge on any atom is -0.390 e. The molecule has 0 spiro atoms. The lowest BCUT2D eigenvalue weighted by Crippen LogP contribution is -2.32. The summed E-state index contributed by atoms with van der Waals surface area (Å²) in [5, 5.41) is 20.5. The number of nitrogens with one attached hydrogen (secondary N) is 1. The fraction of sp³-hybridized carbons (Fsp3) is 0.533. The van der Waals surface area contributed by atoms with E-state index in [4.69, 9.17) is 16.9 Å². The molecular weight excluding hydrogens is 362 g/mol. The van der Waals surface area contributed by atoms with Gasteiger partial charge in [-0.25, -0.2) is 9.36 Å². The maximum Gasteiger partial charge on any atom is 0.333 e. The predicted molar refractivity (Wildman–Crippen MR) is 96.8 cm³/mol. The zero-order valence-electron chi connectivity index (χ0n) is 14.0. The van der Waals surface area contributed by atoms with Gasteiger partial charge in [0.05, 0.1) is 18.8 Å². The molecule has 26 heavy (non-hydrogen) atoms. The van der Waals surface area contributed by atoms with Crippen LogP contribution >= 0.6 is 11.8 Å². The van der Waals surface area contributed by atoms with E-state index in [0.717, 1.165) is 9.13 Å². The second kappa shape index (κ2) is 7.16. The number of aromatic amines is 1. The molecule has 0 bridgehead atoms. The molecule has 140 valence electrons. The number of H-pyrrole nitrogens is 1. The van der Waals surface area contributed by atoms with Gasteiger partial charge in [0.25, 0.3) is 5.56 Å². The molecule has 1 fully saturated rings. The van der Waals surface area contributed by atoms with Crippen LogP contribution in [0.25, 0.3) is 11.2 Å². The summed E-state index contributed by atoms with van der Waals surface area (Å²) in [7, 11) is 0. The number of hydrogen-bond acceptors (Lipinski definition) is 8.